The molecule has 0 radical (unpaired) electrons. The summed E-state index contributed by atoms with van der Waals surface area (Å²) in [4.78, 5) is 0. The SMILES string of the molecule is CC(NC1C(C)CCCC1C)c1nncn1C. The molecule has 4 heteroatoms. The van der Waals surface area contributed by atoms with Crippen LogP contribution in [0.2, 0.25) is 0 Å². The second-order valence-corrected chi connectivity index (χ2v) is 5.60. The minimum absolute atomic E-state index is 0.274. The van der Waals surface area contributed by atoms with E-state index in [1.165, 1.54) is 19.3 Å². The molecule has 1 heterocycles. The summed E-state index contributed by atoms with van der Waals surface area (Å²) in [7, 11) is 2.00. The highest BCUT2D eigenvalue weighted by atomic mass is 15.3. The van der Waals surface area contributed by atoms with Gasteiger partial charge in [-0.2, -0.15) is 0 Å². The molecule has 0 spiro atoms. The number of hydrogen-bond acceptors (Lipinski definition) is 3. The molecule has 3 atom stereocenters. The van der Waals surface area contributed by atoms with Gasteiger partial charge in [0.2, 0.25) is 0 Å². The summed E-state index contributed by atoms with van der Waals surface area (Å²) in [6.07, 6.45) is 5.82. The monoisotopic (exact) mass is 236 g/mol. The number of aromatic nitrogens is 3. The number of nitrogens with one attached hydrogen (secondary N) is 1. The Bertz CT molecular complexity index is 350. The summed E-state index contributed by atoms with van der Waals surface area (Å²) in [5.41, 5.74) is 0. The Morgan fingerprint density at radius 1 is 1.35 bits per heavy atom. The molecule has 1 aromatic heterocycles. The molecule has 1 aliphatic carbocycles. The minimum atomic E-state index is 0.274. The summed E-state index contributed by atoms with van der Waals surface area (Å²) in [6.45, 7) is 6.89. The summed E-state index contributed by atoms with van der Waals surface area (Å²) >= 11 is 0. The molecule has 3 unspecified atom stereocenters. The van der Waals surface area contributed by atoms with Crippen LogP contribution in [0.5, 0.6) is 0 Å². The van der Waals surface area contributed by atoms with E-state index < -0.39 is 0 Å². The standard InChI is InChI=1S/C13H24N4/c1-9-6-5-7-10(2)12(9)15-11(3)13-16-14-8-17(13)4/h8-12,15H,5-7H2,1-4H3. The highest BCUT2D eigenvalue weighted by molar-refractivity contribution is 4.95. The Hall–Kier alpha value is -0.900. The van der Waals surface area contributed by atoms with E-state index in [-0.39, 0.29) is 6.04 Å². The predicted octanol–water partition coefficient (Wildman–Crippen LogP) is 2.29. The van der Waals surface area contributed by atoms with E-state index in [4.69, 9.17) is 0 Å². The highest BCUT2D eigenvalue weighted by Gasteiger charge is 2.29. The third-order valence-electron chi connectivity index (χ3n) is 4.12. The lowest BCUT2D eigenvalue weighted by Crippen LogP contribution is -2.44. The van der Waals surface area contributed by atoms with Crippen LogP contribution in [-0.2, 0) is 7.05 Å². The molecule has 17 heavy (non-hydrogen) atoms. The van der Waals surface area contributed by atoms with Gasteiger partial charge in [0.25, 0.3) is 0 Å². The summed E-state index contributed by atoms with van der Waals surface area (Å²) in [5, 5.41) is 11.9. The van der Waals surface area contributed by atoms with Gasteiger partial charge in [0.15, 0.2) is 0 Å². The molecule has 0 aliphatic heterocycles. The van der Waals surface area contributed by atoms with Crippen molar-refractivity contribution in [2.75, 3.05) is 0 Å². The number of aryl methyl sites for hydroxylation is 1. The average molecular weight is 236 g/mol. The normalized spacial score (nSPS) is 31.4. The van der Waals surface area contributed by atoms with Crippen LogP contribution in [0.25, 0.3) is 0 Å². The van der Waals surface area contributed by atoms with E-state index in [9.17, 15) is 0 Å². The van der Waals surface area contributed by atoms with Crippen molar-refractivity contribution >= 4 is 0 Å². The first-order chi connectivity index (χ1) is 8.09. The summed E-state index contributed by atoms with van der Waals surface area (Å²) < 4.78 is 2.00. The Morgan fingerprint density at radius 2 is 2.00 bits per heavy atom. The van der Waals surface area contributed by atoms with Crippen molar-refractivity contribution in [1.29, 1.82) is 0 Å². The number of rotatable bonds is 3. The maximum Gasteiger partial charge on any atom is 0.149 e. The molecule has 96 valence electrons. The number of hydrogen-bond donors (Lipinski definition) is 1. The maximum atomic E-state index is 4.18. The van der Waals surface area contributed by atoms with Gasteiger partial charge < -0.3 is 9.88 Å². The lowest BCUT2D eigenvalue weighted by atomic mass is 9.78. The van der Waals surface area contributed by atoms with Gasteiger partial charge in [-0.1, -0.05) is 20.3 Å². The van der Waals surface area contributed by atoms with Crippen LogP contribution >= 0.6 is 0 Å². The van der Waals surface area contributed by atoms with Crippen molar-refractivity contribution < 1.29 is 0 Å². The van der Waals surface area contributed by atoms with Gasteiger partial charge in [0.05, 0.1) is 6.04 Å². The van der Waals surface area contributed by atoms with Crippen molar-refractivity contribution in [3.63, 3.8) is 0 Å². The molecule has 1 N–H and O–H groups in total. The van der Waals surface area contributed by atoms with Crippen molar-refractivity contribution in [1.82, 2.24) is 20.1 Å². The van der Waals surface area contributed by atoms with E-state index in [1.807, 2.05) is 11.6 Å². The van der Waals surface area contributed by atoms with Gasteiger partial charge in [0, 0.05) is 13.1 Å². The van der Waals surface area contributed by atoms with Gasteiger partial charge in [-0.15, -0.1) is 10.2 Å². The van der Waals surface area contributed by atoms with E-state index in [1.54, 1.807) is 6.33 Å². The van der Waals surface area contributed by atoms with Gasteiger partial charge in [0.1, 0.15) is 12.2 Å². The van der Waals surface area contributed by atoms with Crippen LogP contribution in [0.15, 0.2) is 6.33 Å². The first kappa shape index (κ1) is 12.6. The zero-order chi connectivity index (χ0) is 12.4. The second-order valence-electron chi connectivity index (χ2n) is 5.60. The van der Waals surface area contributed by atoms with Gasteiger partial charge >= 0.3 is 0 Å². The first-order valence-corrected chi connectivity index (χ1v) is 6.69. The molecule has 1 fully saturated rings. The molecular formula is C13H24N4. The Morgan fingerprint density at radius 3 is 2.53 bits per heavy atom. The van der Waals surface area contributed by atoms with E-state index in [0.717, 1.165) is 17.7 Å². The Kier molecular flexibility index (Phi) is 3.82. The topological polar surface area (TPSA) is 42.7 Å². The maximum absolute atomic E-state index is 4.18. The average Bonchev–Trinajstić information content (AvgIpc) is 2.70. The second kappa shape index (κ2) is 5.17. The molecule has 1 aliphatic rings. The van der Waals surface area contributed by atoms with E-state index in [0.29, 0.717) is 6.04 Å². The van der Waals surface area contributed by atoms with Crippen LogP contribution < -0.4 is 5.32 Å². The zero-order valence-corrected chi connectivity index (χ0v) is 11.3. The van der Waals surface area contributed by atoms with E-state index in [2.05, 4.69) is 36.3 Å². The molecule has 0 saturated heterocycles. The lowest BCUT2D eigenvalue weighted by molar-refractivity contribution is 0.193. The first-order valence-electron chi connectivity index (χ1n) is 6.69. The van der Waals surface area contributed by atoms with Crippen LogP contribution in [0.3, 0.4) is 0 Å². The van der Waals surface area contributed by atoms with Crippen LogP contribution in [0, 0.1) is 11.8 Å². The summed E-state index contributed by atoms with van der Waals surface area (Å²) in [5.74, 6) is 2.54. The molecule has 2 rings (SSSR count). The third-order valence-corrected chi connectivity index (χ3v) is 4.12. The smallest absolute Gasteiger partial charge is 0.149 e. The Labute approximate surface area is 104 Å². The zero-order valence-electron chi connectivity index (χ0n) is 11.3. The molecule has 0 bridgehead atoms. The lowest BCUT2D eigenvalue weighted by Gasteiger charge is -2.37. The molecule has 0 amide bonds. The largest absolute Gasteiger partial charge is 0.319 e. The summed E-state index contributed by atoms with van der Waals surface area (Å²) in [6, 6.07) is 0.881. The van der Waals surface area contributed by atoms with Gasteiger partial charge in [-0.05, 0) is 31.6 Å². The molecule has 4 nitrogen and oxygen atoms in total. The third kappa shape index (κ3) is 2.68. The van der Waals surface area contributed by atoms with Crippen molar-refractivity contribution in [2.45, 2.75) is 52.1 Å². The fourth-order valence-corrected chi connectivity index (χ4v) is 3.06. The van der Waals surface area contributed by atoms with Crippen molar-refractivity contribution in [3.8, 4) is 0 Å². The minimum Gasteiger partial charge on any atom is -0.319 e. The number of nitrogens with zero attached hydrogens (tertiary/aromatic N) is 3. The van der Waals surface area contributed by atoms with E-state index >= 15 is 0 Å². The molecule has 0 aromatic carbocycles. The van der Waals surface area contributed by atoms with Crippen molar-refractivity contribution in [3.05, 3.63) is 12.2 Å². The van der Waals surface area contributed by atoms with Crippen LogP contribution in [0.4, 0.5) is 0 Å². The van der Waals surface area contributed by atoms with Gasteiger partial charge in [-0.3, -0.25) is 0 Å². The fraction of sp³-hybridized carbons (Fsp3) is 0.846. The van der Waals surface area contributed by atoms with Crippen LogP contribution in [0.1, 0.15) is 51.9 Å². The highest BCUT2D eigenvalue weighted by Crippen LogP contribution is 2.30. The predicted molar refractivity (Wildman–Crippen MR) is 68.5 cm³/mol. The molecule has 1 aromatic rings. The quantitative estimate of drug-likeness (QED) is 0.875. The van der Waals surface area contributed by atoms with Crippen molar-refractivity contribution in [2.24, 2.45) is 18.9 Å². The molecule has 1 saturated carbocycles. The Balaban J connectivity index is 2.02. The fourth-order valence-electron chi connectivity index (χ4n) is 3.06. The van der Waals surface area contributed by atoms with Crippen LogP contribution in [-0.4, -0.2) is 20.8 Å². The molecular weight excluding hydrogens is 212 g/mol. The van der Waals surface area contributed by atoms with Gasteiger partial charge in [-0.25, -0.2) is 0 Å².